The Balaban J connectivity index is 1.75. The topological polar surface area (TPSA) is 92.3 Å². The molecule has 0 bridgehead atoms. The first-order valence-electron chi connectivity index (χ1n) is 8.42. The highest BCUT2D eigenvalue weighted by molar-refractivity contribution is 5.91. The molecule has 0 saturated carbocycles. The van der Waals surface area contributed by atoms with E-state index in [0.29, 0.717) is 28.1 Å². The van der Waals surface area contributed by atoms with Crippen molar-refractivity contribution in [1.82, 2.24) is 0 Å². The first-order valence-corrected chi connectivity index (χ1v) is 8.42. The number of amides is 1. The quantitative estimate of drug-likeness (QED) is 0.701. The van der Waals surface area contributed by atoms with Gasteiger partial charge < -0.3 is 14.5 Å². The molecule has 0 unspecified atom stereocenters. The number of hydrogen-bond acceptors (Lipinski definition) is 5. The standard InChI is InChI=1S/C21H18N2O4/c1-13-17-8-7-16(26-2)11-19(17)27-21(25)18(13)9-10-20(24)23-15-5-3-14(12-22)4-6-15/h3-8,11H,9-10H2,1-2H3,(H,23,24). The summed E-state index contributed by atoms with van der Waals surface area (Å²) in [5.74, 6) is 0.396. The average molecular weight is 362 g/mol. The van der Waals surface area contributed by atoms with Gasteiger partial charge in [-0.15, -0.1) is 0 Å². The van der Waals surface area contributed by atoms with Crippen LogP contribution in [0.2, 0.25) is 0 Å². The number of fused-ring (bicyclic) bond motifs is 1. The SMILES string of the molecule is COc1ccc2c(C)c(CCC(=O)Nc3ccc(C#N)cc3)c(=O)oc2c1. The minimum atomic E-state index is -0.445. The molecule has 2 aromatic carbocycles. The van der Waals surface area contributed by atoms with Crippen molar-refractivity contribution in [3.63, 3.8) is 0 Å². The van der Waals surface area contributed by atoms with E-state index in [1.54, 1.807) is 43.5 Å². The maximum Gasteiger partial charge on any atom is 0.339 e. The molecule has 1 heterocycles. The van der Waals surface area contributed by atoms with Gasteiger partial charge in [0.2, 0.25) is 5.91 Å². The van der Waals surface area contributed by atoms with E-state index in [1.807, 2.05) is 19.1 Å². The Morgan fingerprint density at radius 2 is 1.96 bits per heavy atom. The highest BCUT2D eigenvalue weighted by Crippen LogP contribution is 2.24. The molecule has 27 heavy (non-hydrogen) atoms. The molecule has 0 spiro atoms. The van der Waals surface area contributed by atoms with Crippen LogP contribution in [0.1, 0.15) is 23.1 Å². The molecule has 1 N–H and O–H groups in total. The van der Waals surface area contributed by atoms with Gasteiger partial charge in [-0.05, 0) is 55.3 Å². The summed E-state index contributed by atoms with van der Waals surface area (Å²) in [5.41, 5.74) is 2.43. The van der Waals surface area contributed by atoms with Crippen molar-refractivity contribution in [2.45, 2.75) is 19.8 Å². The van der Waals surface area contributed by atoms with Crippen LogP contribution in [0, 0.1) is 18.3 Å². The zero-order chi connectivity index (χ0) is 19.4. The lowest BCUT2D eigenvalue weighted by Crippen LogP contribution is -2.16. The van der Waals surface area contributed by atoms with Gasteiger partial charge in [0.1, 0.15) is 11.3 Å². The van der Waals surface area contributed by atoms with E-state index in [0.717, 1.165) is 10.9 Å². The molecule has 136 valence electrons. The number of anilines is 1. The number of ether oxygens (including phenoxy) is 1. The Hall–Kier alpha value is -3.59. The summed E-state index contributed by atoms with van der Waals surface area (Å²) in [6.07, 6.45) is 0.422. The molecule has 0 aliphatic carbocycles. The van der Waals surface area contributed by atoms with Gasteiger partial charge >= 0.3 is 5.63 Å². The van der Waals surface area contributed by atoms with Crippen molar-refractivity contribution in [2.75, 3.05) is 12.4 Å². The van der Waals surface area contributed by atoms with Crippen LogP contribution < -0.4 is 15.7 Å². The van der Waals surface area contributed by atoms with Gasteiger partial charge in [-0.25, -0.2) is 4.79 Å². The number of carbonyl (C=O) groups excluding carboxylic acids is 1. The molecular weight excluding hydrogens is 344 g/mol. The number of methoxy groups -OCH3 is 1. The van der Waals surface area contributed by atoms with E-state index in [-0.39, 0.29) is 18.7 Å². The molecule has 3 rings (SSSR count). The number of nitriles is 1. The third-order valence-electron chi connectivity index (χ3n) is 4.39. The lowest BCUT2D eigenvalue weighted by atomic mass is 10.0. The van der Waals surface area contributed by atoms with Gasteiger partial charge in [0.05, 0.1) is 18.7 Å². The lowest BCUT2D eigenvalue weighted by Gasteiger charge is -2.09. The van der Waals surface area contributed by atoms with Crippen molar-refractivity contribution in [1.29, 1.82) is 5.26 Å². The lowest BCUT2D eigenvalue weighted by molar-refractivity contribution is -0.116. The molecule has 1 aromatic heterocycles. The van der Waals surface area contributed by atoms with E-state index in [4.69, 9.17) is 14.4 Å². The van der Waals surface area contributed by atoms with Crippen molar-refractivity contribution in [3.05, 3.63) is 69.6 Å². The van der Waals surface area contributed by atoms with Crippen molar-refractivity contribution in [3.8, 4) is 11.8 Å². The second kappa shape index (κ2) is 7.75. The van der Waals surface area contributed by atoms with Crippen LogP contribution >= 0.6 is 0 Å². The Labute approximate surface area is 156 Å². The molecular formula is C21H18N2O4. The number of aryl methyl sites for hydroxylation is 1. The van der Waals surface area contributed by atoms with Gasteiger partial charge in [0, 0.05) is 29.1 Å². The van der Waals surface area contributed by atoms with E-state index in [1.165, 1.54) is 0 Å². The van der Waals surface area contributed by atoms with Crippen molar-refractivity contribution in [2.24, 2.45) is 0 Å². The van der Waals surface area contributed by atoms with Gasteiger partial charge in [-0.2, -0.15) is 5.26 Å². The monoisotopic (exact) mass is 362 g/mol. The molecule has 0 radical (unpaired) electrons. The first-order chi connectivity index (χ1) is 13.0. The zero-order valence-electron chi connectivity index (χ0n) is 15.0. The molecule has 1 amide bonds. The fourth-order valence-electron chi connectivity index (χ4n) is 2.88. The molecule has 6 heteroatoms. The minimum Gasteiger partial charge on any atom is -0.497 e. The third kappa shape index (κ3) is 3.98. The van der Waals surface area contributed by atoms with Crippen molar-refractivity contribution < 1.29 is 13.9 Å². The van der Waals surface area contributed by atoms with Gasteiger partial charge in [0.25, 0.3) is 0 Å². The molecule has 0 saturated heterocycles. The summed E-state index contributed by atoms with van der Waals surface area (Å²) < 4.78 is 10.5. The fraction of sp³-hybridized carbons (Fsp3) is 0.190. The minimum absolute atomic E-state index is 0.146. The van der Waals surface area contributed by atoms with Crippen LogP contribution in [0.15, 0.2) is 51.7 Å². The Kier molecular flexibility index (Phi) is 5.23. The smallest absolute Gasteiger partial charge is 0.339 e. The van der Waals surface area contributed by atoms with E-state index in [9.17, 15) is 9.59 Å². The highest BCUT2D eigenvalue weighted by atomic mass is 16.5. The van der Waals surface area contributed by atoms with Gasteiger partial charge in [-0.3, -0.25) is 4.79 Å². The third-order valence-corrected chi connectivity index (χ3v) is 4.39. The van der Waals surface area contributed by atoms with Crippen LogP contribution in [0.4, 0.5) is 5.69 Å². The summed E-state index contributed by atoms with van der Waals surface area (Å²) in [4.78, 5) is 24.5. The fourth-order valence-corrected chi connectivity index (χ4v) is 2.88. The molecule has 0 fully saturated rings. The Morgan fingerprint density at radius 1 is 1.22 bits per heavy atom. The van der Waals surface area contributed by atoms with Crippen LogP contribution in [0.25, 0.3) is 11.0 Å². The normalized spacial score (nSPS) is 10.4. The second-order valence-corrected chi connectivity index (χ2v) is 6.09. The summed E-state index contributed by atoms with van der Waals surface area (Å²) in [6.45, 7) is 1.85. The number of nitrogens with zero attached hydrogens (tertiary/aromatic N) is 1. The molecule has 0 aliphatic rings. The Morgan fingerprint density at radius 3 is 2.63 bits per heavy atom. The van der Waals surface area contributed by atoms with Crippen LogP contribution in [-0.4, -0.2) is 13.0 Å². The predicted molar refractivity (Wildman–Crippen MR) is 102 cm³/mol. The largest absolute Gasteiger partial charge is 0.497 e. The number of rotatable bonds is 5. The van der Waals surface area contributed by atoms with Crippen LogP contribution in [-0.2, 0) is 11.2 Å². The number of nitrogens with one attached hydrogen (secondary N) is 1. The summed E-state index contributed by atoms with van der Waals surface area (Å²) in [7, 11) is 1.55. The number of benzene rings is 2. The van der Waals surface area contributed by atoms with Crippen LogP contribution in [0.3, 0.4) is 0 Å². The van der Waals surface area contributed by atoms with E-state index in [2.05, 4.69) is 5.32 Å². The maximum atomic E-state index is 12.3. The van der Waals surface area contributed by atoms with Gasteiger partial charge in [0.15, 0.2) is 0 Å². The molecule has 3 aromatic rings. The molecule has 0 atom stereocenters. The van der Waals surface area contributed by atoms with Crippen LogP contribution in [0.5, 0.6) is 5.75 Å². The average Bonchev–Trinajstić information content (AvgIpc) is 2.67. The van der Waals surface area contributed by atoms with Crippen molar-refractivity contribution >= 4 is 22.6 Å². The maximum absolute atomic E-state index is 12.3. The highest BCUT2D eigenvalue weighted by Gasteiger charge is 2.14. The molecule has 0 aliphatic heterocycles. The van der Waals surface area contributed by atoms with E-state index >= 15 is 0 Å². The summed E-state index contributed by atoms with van der Waals surface area (Å²) >= 11 is 0. The first kappa shape index (κ1) is 18.2. The number of hydrogen-bond donors (Lipinski definition) is 1. The zero-order valence-corrected chi connectivity index (χ0v) is 15.0. The van der Waals surface area contributed by atoms with E-state index < -0.39 is 5.63 Å². The summed E-state index contributed by atoms with van der Waals surface area (Å²) in [6, 6.07) is 13.9. The van der Waals surface area contributed by atoms with Gasteiger partial charge in [-0.1, -0.05) is 0 Å². The Bertz CT molecular complexity index is 1090. The predicted octanol–water partition coefficient (Wildman–Crippen LogP) is 3.55. The number of carbonyl (C=O) groups is 1. The molecule has 6 nitrogen and oxygen atoms in total. The second-order valence-electron chi connectivity index (χ2n) is 6.09. The summed E-state index contributed by atoms with van der Waals surface area (Å²) in [5, 5.41) is 12.4.